The molecule has 0 saturated carbocycles. The summed E-state index contributed by atoms with van der Waals surface area (Å²) in [6.07, 6.45) is 6.32. The number of carbonyl (C=O) groups excluding carboxylic acids is 2. The third kappa shape index (κ3) is 4.01. The number of nitrogens with one attached hydrogen (secondary N) is 1. The molecule has 8 heteroatoms. The Bertz CT molecular complexity index is 630. The maximum absolute atomic E-state index is 12.3. The normalized spacial score (nSPS) is 24.8. The first-order valence-corrected chi connectivity index (χ1v) is 8.91. The molecule has 0 bridgehead atoms. The van der Waals surface area contributed by atoms with E-state index in [1.54, 1.807) is 0 Å². The van der Waals surface area contributed by atoms with E-state index in [0.29, 0.717) is 25.0 Å². The van der Waals surface area contributed by atoms with E-state index in [-0.39, 0.29) is 18.5 Å². The Morgan fingerprint density at radius 1 is 1.40 bits per heavy atom. The highest BCUT2D eigenvalue weighted by atomic mass is 16.2. The van der Waals surface area contributed by atoms with Crippen LogP contribution in [0.2, 0.25) is 0 Å². The zero-order chi connectivity index (χ0) is 18.0. The number of aromatic nitrogens is 2. The van der Waals surface area contributed by atoms with Gasteiger partial charge in [-0.25, -0.2) is 4.79 Å². The van der Waals surface area contributed by atoms with Crippen molar-refractivity contribution in [2.24, 2.45) is 13.0 Å². The van der Waals surface area contributed by atoms with Crippen molar-refractivity contribution in [3.05, 3.63) is 18.0 Å². The summed E-state index contributed by atoms with van der Waals surface area (Å²) in [5.41, 5.74) is 1.23. The number of likely N-dealkylation sites (tertiary alicyclic amines) is 1. The van der Waals surface area contributed by atoms with E-state index in [9.17, 15) is 9.59 Å². The Kier molecular flexibility index (Phi) is 5.39. The maximum atomic E-state index is 12.3. The highest BCUT2D eigenvalue weighted by molar-refractivity contribution is 5.96. The molecule has 25 heavy (non-hydrogen) atoms. The fourth-order valence-electron chi connectivity index (χ4n) is 4.06. The minimum atomic E-state index is -0.274. The molecule has 0 radical (unpaired) electrons. The molecule has 1 N–H and O–H groups in total. The van der Waals surface area contributed by atoms with Crippen LogP contribution < -0.4 is 5.32 Å². The topological polar surface area (TPSA) is 73.7 Å². The number of carbonyl (C=O) groups is 2. The number of piperidine rings is 1. The van der Waals surface area contributed by atoms with Gasteiger partial charge in [-0.2, -0.15) is 5.10 Å². The maximum Gasteiger partial charge on any atom is 0.324 e. The van der Waals surface area contributed by atoms with Crippen LogP contribution in [0.1, 0.15) is 24.4 Å². The molecule has 2 fully saturated rings. The Morgan fingerprint density at radius 3 is 2.84 bits per heavy atom. The summed E-state index contributed by atoms with van der Waals surface area (Å²) in [6.45, 7) is 3.19. The van der Waals surface area contributed by atoms with Gasteiger partial charge < -0.3 is 5.32 Å². The highest BCUT2D eigenvalue weighted by Crippen LogP contribution is 2.35. The second-order valence-corrected chi connectivity index (χ2v) is 7.25. The monoisotopic (exact) mass is 348 g/mol. The van der Waals surface area contributed by atoms with Crippen LogP contribution in [0.25, 0.3) is 0 Å². The summed E-state index contributed by atoms with van der Waals surface area (Å²) in [5, 5.41) is 6.99. The van der Waals surface area contributed by atoms with Gasteiger partial charge in [0.1, 0.15) is 0 Å². The Hall–Kier alpha value is -1.93. The lowest BCUT2D eigenvalue weighted by Gasteiger charge is -2.40. The fraction of sp³-hybridized carbons (Fsp3) is 0.706. The SMILES string of the molecule is CN(CC(=O)N1CCNC1=O)C[C@@H]1CCCN(C)[C@H]1c1cnn(C)c1. The predicted octanol–water partition coefficient (Wildman–Crippen LogP) is 0.287. The number of likely N-dealkylation sites (N-methyl/N-ethyl adjacent to an activating group) is 1. The molecule has 0 aliphatic carbocycles. The lowest BCUT2D eigenvalue weighted by molar-refractivity contribution is -0.128. The molecule has 2 aliphatic rings. The lowest BCUT2D eigenvalue weighted by atomic mass is 9.86. The van der Waals surface area contributed by atoms with Crippen LogP contribution in [0.15, 0.2) is 12.4 Å². The van der Waals surface area contributed by atoms with Crippen molar-refractivity contribution < 1.29 is 9.59 Å². The first-order chi connectivity index (χ1) is 12.0. The number of hydrogen-bond acceptors (Lipinski definition) is 5. The molecule has 0 aromatic carbocycles. The molecule has 3 amide bonds. The standard InChI is InChI=1S/C17H28N6O2/c1-20(12-15(24)23-8-6-18-17(23)25)10-13-5-4-7-21(2)16(13)14-9-19-22(3)11-14/h9,11,13,16H,4-8,10,12H2,1-3H3,(H,18,25)/t13-,16+/m0/s1. The smallest absolute Gasteiger partial charge is 0.324 e. The summed E-state index contributed by atoms with van der Waals surface area (Å²) in [7, 11) is 6.05. The number of aryl methyl sites for hydroxylation is 1. The first-order valence-electron chi connectivity index (χ1n) is 8.91. The summed E-state index contributed by atoms with van der Waals surface area (Å²) < 4.78 is 1.84. The van der Waals surface area contributed by atoms with Crippen molar-refractivity contribution in [3.8, 4) is 0 Å². The summed E-state index contributed by atoms with van der Waals surface area (Å²) in [5.74, 6) is 0.313. The van der Waals surface area contributed by atoms with Gasteiger partial charge in [-0.1, -0.05) is 0 Å². The van der Waals surface area contributed by atoms with Gasteiger partial charge in [0, 0.05) is 44.5 Å². The van der Waals surface area contributed by atoms with Crippen LogP contribution in [-0.2, 0) is 11.8 Å². The van der Waals surface area contributed by atoms with Crippen molar-refractivity contribution in [2.45, 2.75) is 18.9 Å². The molecular weight excluding hydrogens is 320 g/mol. The van der Waals surface area contributed by atoms with Crippen molar-refractivity contribution in [1.82, 2.24) is 29.8 Å². The number of imide groups is 1. The van der Waals surface area contributed by atoms with Crippen molar-refractivity contribution in [3.63, 3.8) is 0 Å². The average molecular weight is 348 g/mol. The molecule has 138 valence electrons. The molecular formula is C17H28N6O2. The van der Waals surface area contributed by atoms with Crippen LogP contribution in [0.5, 0.6) is 0 Å². The average Bonchev–Trinajstić information content (AvgIpc) is 3.15. The van der Waals surface area contributed by atoms with E-state index in [4.69, 9.17) is 0 Å². The van der Waals surface area contributed by atoms with Gasteiger partial charge in [0.05, 0.1) is 12.7 Å². The zero-order valence-electron chi connectivity index (χ0n) is 15.3. The van der Waals surface area contributed by atoms with Crippen LogP contribution in [-0.4, -0.2) is 83.2 Å². The minimum absolute atomic E-state index is 0.125. The summed E-state index contributed by atoms with van der Waals surface area (Å²) in [4.78, 5) is 29.7. The fourth-order valence-corrected chi connectivity index (χ4v) is 4.06. The molecule has 0 unspecified atom stereocenters. The van der Waals surface area contributed by atoms with Crippen molar-refractivity contribution in [1.29, 1.82) is 0 Å². The van der Waals surface area contributed by atoms with Gasteiger partial charge in [-0.05, 0) is 39.4 Å². The zero-order valence-corrected chi connectivity index (χ0v) is 15.3. The van der Waals surface area contributed by atoms with Gasteiger partial charge in [-0.15, -0.1) is 0 Å². The van der Waals surface area contributed by atoms with E-state index >= 15 is 0 Å². The third-order valence-electron chi connectivity index (χ3n) is 5.18. The largest absolute Gasteiger partial charge is 0.336 e. The second-order valence-electron chi connectivity index (χ2n) is 7.25. The molecule has 8 nitrogen and oxygen atoms in total. The predicted molar refractivity (Wildman–Crippen MR) is 93.9 cm³/mol. The van der Waals surface area contributed by atoms with Crippen LogP contribution in [0.4, 0.5) is 4.79 Å². The number of amides is 3. The molecule has 1 aromatic rings. The number of hydrogen-bond donors (Lipinski definition) is 1. The first kappa shape index (κ1) is 17.9. The van der Waals surface area contributed by atoms with E-state index in [2.05, 4.69) is 28.6 Å². The number of nitrogens with zero attached hydrogens (tertiary/aromatic N) is 5. The van der Waals surface area contributed by atoms with Crippen molar-refractivity contribution >= 4 is 11.9 Å². The van der Waals surface area contributed by atoms with Crippen molar-refractivity contribution in [2.75, 3.05) is 46.8 Å². The molecule has 2 atom stereocenters. The third-order valence-corrected chi connectivity index (χ3v) is 5.18. The van der Waals surface area contributed by atoms with Crippen LogP contribution >= 0.6 is 0 Å². The lowest BCUT2D eigenvalue weighted by Crippen LogP contribution is -2.45. The second kappa shape index (κ2) is 7.53. The summed E-state index contributed by atoms with van der Waals surface area (Å²) >= 11 is 0. The van der Waals surface area contributed by atoms with Gasteiger partial charge >= 0.3 is 6.03 Å². The van der Waals surface area contributed by atoms with Gasteiger partial charge in [-0.3, -0.25) is 24.2 Å². The summed E-state index contributed by atoms with van der Waals surface area (Å²) in [6, 6.07) is 0.0409. The van der Waals surface area contributed by atoms with Gasteiger partial charge in [0.15, 0.2) is 0 Å². The van der Waals surface area contributed by atoms with Gasteiger partial charge in [0.25, 0.3) is 0 Å². The Morgan fingerprint density at radius 2 is 2.20 bits per heavy atom. The van der Waals surface area contributed by atoms with E-state index < -0.39 is 0 Å². The van der Waals surface area contributed by atoms with E-state index in [1.807, 2.05) is 29.9 Å². The molecule has 1 aromatic heterocycles. The molecule has 0 spiro atoms. The quantitative estimate of drug-likeness (QED) is 0.828. The van der Waals surface area contributed by atoms with E-state index in [1.165, 1.54) is 10.5 Å². The number of urea groups is 1. The molecule has 3 rings (SSSR count). The van der Waals surface area contributed by atoms with E-state index in [0.717, 1.165) is 25.9 Å². The Balaban J connectivity index is 1.63. The van der Waals surface area contributed by atoms with Crippen LogP contribution in [0.3, 0.4) is 0 Å². The highest BCUT2D eigenvalue weighted by Gasteiger charge is 2.33. The minimum Gasteiger partial charge on any atom is -0.336 e. The number of rotatable bonds is 5. The molecule has 2 saturated heterocycles. The molecule has 3 heterocycles. The van der Waals surface area contributed by atoms with Gasteiger partial charge in [0.2, 0.25) is 5.91 Å². The molecule has 2 aliphatic heterocycles. The van der Waals surface area contributed by atoms with Crippen LogP contribution in [0, 0.1) is 5.92 Å². The Labute approximate surface area is 148 Å².